The lowest BCUT2D eigenvalue weighted by Gasteiger charge is -2.19. The summed E-state index contributed by atoms with van der Waals surface area (Å²) >= 11 is 4.22. The molecule has 1 aliphatic rings. The predicted octanol–water partition coefficient (Wildman–Crippen LogP) is 2.96. The summed E-state index contributed by atoms with van der Waals surface area (Å²) in [6.07, 6.45) is 9.77. The summed E-state index contributed by atoms with van der Waals surface area (Å²) in [4.78, 5) is 2.64. The number of nitrogens with zero attached hydrogens (tertiary/aromatic N) is 1. The third kappa shape index (κ3) is 5.58. The van der Waals surface area contributed by atoms with Crippen LogP contribution < -0.4 is 0 Å². The molecule has 0 aromatic rings. The van der Waals surface area contributed by atoms with Gasteiger partial charge in [-0.1, -0.05) is 19.3 Å². The Kier molecular flexibility index (Phi) is 6.73. The largest absolute Gasteiger partial charge is 0.303 e. The summed E-state index contributed by atoms with van der Waals surface area (Å²) < 4.78 is 0. The lowest BCUT2D eigenvalue weighted by molar-refractivity contribution is 0.279. The van der Waals surface area contributed by atoms with Gasteiger partial charge in [-0.3, -0.25) is 0 Å². The van der Waals surface area contributed by atoms with Gasteiger partial charge in [-0.05, 0) is 51.1 Å². The number of unbranched alkanes of at least 4 members (excludes halogenated alkanes) is 2. The Morgan fingerprint density at radius 2 is 1.54 bits per heavy atom. The summed E-state index contributed by atoms with van der Waals surface area (Å²) in [5, 5.41) is 0. The maximum Gasteiger partial charge on any atom is -0.00187 e. The summed E-state index contributed by atoms with van der Waals surface area (Å²) in [6, 6.07) is 0. The Morgan fingerprint density at radius 1 is 0.846 bits per heavy atom. The highest BCUT2D eigenvalue weighted by Gasteiger charge is 2.07. The Balaban J connectivity index is 1.98. The average molecular weight is 201 g/mol. The van der Waals surface area contributed by atoms with E-state index in [9.17, 15) is 0 Å². The van der Waals surface area contributed by atoms with Gasteiger partial charge in [0.25, 0.3) is 0 Å². The Hall–Kier alpha value is 0.310. The van der Waals surface area contributed by atoms with Crippen LogP contribution in [0.1, 0.15) is 44.9 Å². The molecule has 0 unspecified atom stereocenters. The maximum atomic E-state index is 4.22. The van der Waals surface area contributed by atoms with Crippen LogP contribution in [0.15, 0.2) is 0 Å². The Morgan fingerprint density at radius 3 is 2.15 bits per heavy atom. The lowest BCUT2D eigenvalue weighted by Crippen LogP contribution is -2.25. The monoisotopic (exact) mass is 201 g/mol. The normalized spacial score (nSPS) is 20.1. The van der Waals surface area contributed by atoms with E-state index in [1.54, 1.807) is 0 Å². The molecule has 1 heterocycles. The van der Waals surface area contributed by atoms with E-state index < -0.39 is 0 Å². The van der Waals surface area contributed by atoms with Gasteiger partial charge in [0.1, 0.15) is 0 Å². The van der Waals surface area contributed by atoms with Crippen molar-refractivity contribution >= 4 is 12.6 Å². The number of likely N-dealkylation sites (tertiary alicyclic amines) is 1. The molecule has 1 fully saturated rings. The van der Waals surface area contributed by atoms with E-state index in [2.05, 4.69) is 17.5 Å². The van der Waals surface area contributed by atoms with Gasteiger partial charge in [0, 0.05) is 0 Å². The average Bonchev–Trinajstić information content (AvgIpc) is 2.41. The highest BCUT2D eigenvalue weighted by Crippen LogP contribution is 2.10. The van der Waals surface area contributed by atoms with Crippen LogP contribution in [-0.2, 0) is 0 Å². The molecule has 1 rings (SSSR count). The molecule has 1 aliphatic heterocycles. The molecule has 13 heavy (non-hydrogen) atoms. The van der Waals surface area contributed by atoms with Gasteiger partial charge in [-0.25, -0.2) is 0 Å². The van der Waals surface area contributed by atoms with Crippen LogP contribution in [0, 0.1) is 0 Å². The first kappa shape index (κ1) is 11.4. The molecule has 0 atom stereocenters. The van der Waals surface area contributed by atoms with Crippen molar-refractivity contribution in [3.63, 3.8) is 0 Å². The molecule has 0 bridgehead atoms. The molecule has 0 spiro atoms. The lowest BCUT2D eigenvalue weighted by atomic mass is 10.2. The first-order valence-electron chi connectivity index (χ1n) is 5.76. The molecule has 0 aromatic heterocycles. The van der Waals surface area contributed by atoms with E-state index in [1.807, 2.05) is 0 Å². The van der Waals surface area contributed by atoms with Gasteiger partial charge in [-0.15, -0.1) is 0 Å². The van der Waals surface area contributed by atoms with Crippen molar-refractivity contribution in [3.8, 4) is 0 Å². The number of thiol groups is 1. The Labute approximate surface area is 88.3 Å². The van der Waals surface area contributed by atoms with Gasteiger partial charge < -0.3 is 4.90 Å². The molecule has 2 heteroatoms. The van der Waals surface area contributed by atoms with Gasteiger partial charge in [0.15, 0.2) is 0 Å². The summed E-state index contributed by atoms with van der Waals surface area (Å²) in [5.41, 5.74) is 0. The minimum Gasteiger partial charge on any atom is -0.303 e. The first-order valence-corrected chi connectivity index (χ1v) is 6.40. The SMILES string of the molecule is SCCCCCN1CCCCCC1. The molecule has 0 N–H and O–H groups in total. The third-order valence-corrected chi connectivity index (χ3v) is 3.15. The molecule has 0 saturated carbocycles. The smallest absolute Gasteiger partial charge is 0.00187 e. The van der Waals surface area contributed by atoms with E-state index >= 15 is 0 Å². The third-order valence-electron chi connectivity index (χ3n) is 2.83. The quantitative estimate of drug-likeness (QED) is 0.529. The second kappa shape index (κ2) is 7.69. The number of hydrogen-bond donors (Lipinski definition) is 1. The van der Waals surface area contributed by atoms with Crippen molar-refractivity contribution in [2.45, 2.75) is 44.9 Å². The summed E-state index contributed by atoms with van der Waals surface area (Å²) in [6.45, 7) is 4.02. The van der Waals surface area contributed by atoms with E-state index in [0.717, 1.165) is 5.75 Å². The molecule has 0 aliphatic carbocycles. The fraction of sp³-hybridized carbons (Fsp3) is 1.00. The summed E-state index contributed by atoms with van der Waals surface area (Å²) in [7, 11) is 0. The fourth-order valence-electron chi connectivity index (χ4n) is 1.98. The van der Waals surface area contributed by atoms with Crippen LogP contribution in [0.3, 0.4) is 0 Å². The molecule has 1 nitrogen and oxygen atoms in total. The highest BCUT2D eigenvalue weighted by molar-refractivity contribution is 7.80. The minimum atomic E-state index is 1.06. The molecule has 78 valence electrons. The molecular weight excluding hydrogens is 178 g/mol. The molecule has 0 aromatic carbocycles. The highest BCUT2D eigenvalue weighted by atomic mass is 32.1. The number of rotatable bonds is 5. The van der Waals surface area contributed by atoms with Gasteiger partial charge >= 0.3 is 0 Å². The summed E-state index contributed by atoms with van der Waals surface area (Å²) in [5.74, 6) is 1.06. The Bertz CT molecular complexity index is 109. The van der Waals surface area contributed by atoms with E-state index in [1.165, 1.54) is 64.6 Å². The van der Waals surface area contributed by atoms with Crippen LogP contribution in [0.4, 0.5) is 0 Å². The van der Waals surface area contributed by atoms with Crippen LogP contribution in [0.25, 0.3) is 0 Å². The van der Waals surface area contributed by atoms with Gasteiger partial charge in [0.2, 0.25) is 0 Å². The topological polar surface area (TPSA) is 3.24 Å². The van der Waals surface area contributed by atoms with Crippen LogP contribution in [0.2, 0.25) is 0 Å². The van der Waals surface area contributed by atoms with Crippen molar-refractivity contribution in [2.24, 2.45) is 0 Å². The van der Waals surface area contributed by atoms with Gasteiger partial charge in [0.05, 0.1) is 0 Å². The van der Waals surface area contributed by atoms with Crippen molar-refractivity contribution in [2.75, 3.05) is 25.4 Å². The standard InChI is InChI=1S/C11H23NS/c13-11-7-3-6-10-12-8-4-1-2-5-9-12/h13H,1-11H2. The molecule has 0 amide bonds. The van der Waals surface area contributed by atoms with Crippen molar-refractivity contribution in [1.82, 2.24) is 4.90 Å². The van der Waals surface area contributed by atoms with E-state index in [4.69, 9.17) is 0 Å². The number of hydrogen-bond acceptors (Lipinski definition) is 2. The van der Waals surface area contributed by atoms with Crippen molar-refractivity contribution in [3.05, 3.63) is 0 Å². The minimum absolute atomic E-state index is 1.06. The molecule has 1 saturated heterocycles. The van der Waals surface area contributed by atoms with Crippen LogP contribution in [-0.4, -0.2) is 30.3 Å². The zero-order valence-electron chi connectivity index (χ0n) is 8.67. The predicted molar refractivity (Wildman–Crippen MR) is 62.6 cm³/mol. The first-order chi connectivity index (χ1) is 6.43. The van der Waals surface area contributed by atoms with Crippen molar-refractivity contribution in [1.29, 1.82) is 0 Å². The van der Waals surface area contributed by atoms with Gasteiger partial charge in [-0.2, -0.15) is 12.6 Å². The second-order valence-corrected chi connectivity index (χ2v) is 4.49. The molecule has 0 radical (unpaired) electrons. The zero-order chi connectivity index (χ0) is 9.36. The van der Waals surface area contributed by atoms with Crippen molar-refractivity contribution < 1.29 is 0 Å². The van der Waals surface area contributed by atoms with Crippen LogP contribution >= 0.6 is 12.6 Å². The fourth-order valence-corrected chi connectivity index (χ4v) is 2.21. The second-order valence-electron chi connectivity index (χ2n) is 4.04. The zero-order valence-corrected chi connectivity index (χ0v) is 9.57. The van der Waals surface area contributed by atoms with Crippen LogP contribution in [0.5, 0.6) is 0 Å². The van der Waals surface area contributed by atoms with E-state index in [0.29, 0.717) is 0 Å². The van der Waals surface area contributed by atoms with E-state index in [-0.39, 0.29) is 0 Å². The maximum absolute atomic E-state index is 4.22. The molecular formula is C11H23NS.